The van der Waals surface area contributed by atoms with Crippen LogP contribution in [0.25, 0.3) is 0 Å². The second kappa shape index (κ2) is 11.3. The number of carbonyl (C=O) groups is 2. The van der Waals surface area contributed by atoms with E-state index in [-0.39, 0.29) is 18.8 Å². The van der Waals surface area contributed by atoms with Gasteiger partial charge in [-0.2, -0.15) is 0 Å². The second-order valence-electron chi connectivity index (χ2n) is 6.77. The van der Waals surface area contributed by atoms with Crippen molar-refractivity contribution in [1.29, 1.82) is 0 Å². The predicted octanol–water partition coefficient (Wildman–Crippen LogP) is 4.67. The van der Waals surface area contributed by atoms with Crippen LogP contribution in [0.5, 0.6) is 5.75 Å². The number of amides is 1. The fourth-order valence-electron chi connectivity index (χ4n) is 3.09. The largest absolute Gasteiger partial charge is 0.494 e. The third-order valence-electron chi connectivity index (χ3n) is 4.57. The summed E-state index contributed by atoms with van der Waals surface area (Å²) in [5.74, 6) is -0.491. The summed E-state index contributed by atoms with van der Waals surface area (Å²) in [6.45, 7) is 2.06. The number of rotatable bonds is 10. The van der Waals surface area contributed by atoms with E-state index in [4.69, 9.17) is 9.47 Å². The van der Waals surface area contributed by atoms with Gasteiger partial charge in [0.1, 0.15) is 11.6 Å². The van der Waals surface area contributed by atoms with Crippen molar-refractivity contribution in [2.75, 3.05) is 13.2 Å². The van der Waals surface area contributed by atoms with Gasteiger partial charge in [-0.15, -0.1) is 11.3 Å². The fourth-order valence-corrected chi connectivity index (χ4v) is 3.90. The van der Waals surface area contributed by atoms with E-state index in [1.807, 2.05) is 48.7 Å². The van der Waals surface area contributed by atoms with Gasteiger partial charge in [-0.25, -0.2) is 4.39 Å². The van der Waals surface area contributed by atoms with Gasteiger partial charge in [0.05, 0.1) is 12.6 Å². The predicted molar refractivity (Wildman–Crippen MR) is 118 cm³/mol. The monoisotopic (exact) mass is 441 g/mol. The van der Waals surface area contributed by atoms with Crippen molar-refractivity contribution >= 4 is 23.2 Å². The Morgan fingerprint density at radius 3 is 2.55 bits per heavy atom. The van der Waals surface area contributed by atoms with Crippen LogP contribution in [0.15, 0.2) is 66.0 Å². The van der Waals surface area contributed by atoms with Gasteiger partial charge in [0.2, 0.25) is 0 Å². The number of benzene rings is 2. The summed E-state index contributed by atoms with van der Waals surface area (Å²) in [7, 11) is 0. The molecule has 3 aromatic rings. The van der Waals surface area contributed by atoms with Crippen LogP contribution in [0.1, 0.15) is 35.4 Å². The van der Waals surface area contributed by atoms with E-state index in [9.17, 15) is 14.0 Å². The Balaban J connectivity index is 1.53. The molecule has 0 bridgehead atoms. The molecule has 0 radical (unpaired) electrons. The SMILES string of the molecule is CCOc1ccccc1CCC(=O)OCC(=O)NC(c1ccc(F)cc1)c1cccs1. The number of hydrogen-bond donors (Lipinski definition) is 1. The number of ether oxygens (including phenoxy) is 2. The maximum Gasteiger partial charge on any atom is 0.306 e. The molecule has 1 unspecified atom stereocenters. The summed E-state index contributed by atoms with van der Waals surface area (Å²) in [5.41, 5.74) is 1.66. The first-order chi connectivity index (χ1) is 15.1. The van der Waals surface area contributed by atoms with Crippen molar-refractivity contribution in [3.05, 3.63) is 87.9 Å². The zero-order valence-electron chi connectivity index (χ0n) is 17.2. The number of esters is 1. The molecule has 1 amide bonds. The fraction of sp³-hybridized carbons (Fsp3) is 0.250. The number of aryl methyl sites for hydroxylation is 1. The minimum absolute atomic E-state index is 0.143. The van der Waals surface area contributed by atoms with E-state index < -0.39 is 17.9 Å². The zero-order valence-corrected chi connectivity index (χ0v) is 18.0. The second-order valence-corrected chi connectivity index (χ2v) is 7.75. The molecule has 7 heteroatoms. The summed E-state index contributed by atoms with van der Waals surface area (Å²) < 4.78 is 24.0. The number of thiophene rings is 1. The Morgan fingerprint density at radius 1 is 1.06 bits per heavy atom. The van der Waals surface area contributed by atoms with Crippen LogP contribution in [0.3, 0.4) is 0 Å². The summed E-state index contributed by atoms with van der Waals surface area (Å²) in [6, 6.07) is 16.8. The normalized spacial score (nSPS) is 11.5. The third-order valence-corrected chi connectivity index (χ3v) is 5.51. The molecule has 1 atom stereocenters. The van der Waals surface area contributed by atoms with Gasteiger partial charge in [-0.05, 0) is 54.1 Å². The molecule has 5 nitrogen and oxygen atoms in total. The van der Waals surface area contributed by atoms with Gasteiger partial charge in [-0.3, -0.25) is 9.59 Å². The minimum atomic E-state index is -0.462. The highest BCUT2D eigenvalue weighted by Gasteiger charge is 2.19. The highest BCUT2D eigenvalue weighted by Crippen LogP contribution is 2.26. The first kappa shape index (κ1) is 22.5. The Kier molecular flexibility index (Phi) is 8.18. The molecule has 0 fully saturated rings. The molecular formula is C24H24FNO4S. The lowest BCUT2D eigenvalue weighted by atomic mass is 10.1. The van der Waals surface area contributed by atoms with E-state index in [2.05, 4.69) is 5.32 Å². The molecule has 1 heterocycles. The van der Waals surface area contributed by atoms with Crippen LogP contribution in [0.4, 0.5) is 4.39 Å². The lowest BCUT2D eigenvalue weighted by Gasteiger charge is -2.18. The Labute approximate surface area is 184 Å². The Hall–Kier alpha value is -3.19. The van der Waals surface area contributed by atoms with E-state index in [1.54, 1.807) is 12.1 Å². The zero-order chi connectivity index (χ0) is 22.1. The molecular weight excluding hydrogens is 417 g/mol. The molecule has 0 saturated heterocycles. The number of nitrogens with one attached hydrogen (secondary N) is 1. The van der Waals surface area contributed by atoms with Gasteiger partial charge in [0.15, 0.2) is 6.61 Å². The number of carbonyl (C=O) groups excluding carboxylic acids is 2. The maximum absolute atomic E-state index is 13.3. The molecule has 0 aliphatic heterocycles. The number of para-hydroxylation sites is 1. The molecule has 31 heavy (non-hydrogen) atoms. The van der Waals surface area contributed by atoms with Gasteiger partial charge >= 0.3 is 5.97 Å². The van der Waals surface area contributed by atoms with Gasteiger partial charge < -0.3 is 14.8 Å². The summed E-state index contributed by atoms with van der Waals surface area (Å²) in [4.78, 5) is 25.5. The summed E-state index contributed by atoms with van der Waals surface area (Å²) in [6.07, 6.45) is 0.605. The maximum atomic E-state index is 13.3. The molecule has 0 aliphatic carbocycles. The van der Waals surface area contributed by atoms with Crippen LogP contribution >= 0.6 is 11.3 Å². The molecule has 0 saturated carbocycles. The average molecular weight is 442 g/mol. The van der Waals surface area contributed by atoms with Crippen LogP contribution in [0.2, 0.25) is 0 Å². The Bertz CT molecular complexity index is 989. The summed E-state index contributed by atoms with van der Waals surface area (Å²) in [5, 5.41) is 4.76. The lowest BCUT2D eigenvalue weighted by molar-refractivity contribution is -0.148. The van der Waals surface area contributed by atoms with Crippen molar-refractivity contribution in [3.63, 3.8) is 0 Å². The van der Waals surface area contributed by atoms with Crippen LogP contribution in [-0.2, 0) is 20.7 Å². The van der Waals surface area contributed by atoms with Gasteiger partial charge in [0.25, 0.3) is 5.91 Å². The number of halogens is 1. The topological polar surface area (TPSA) is 64.6 Å². The van der Waals surface area contributed by atoms with Gasteiger partial charge in [-0.1, -0.05) is 36.4 Å². The molecule has 3 rings (SSSR count). The van der Waals surface area contributed by atoms with Gasteiger partial charge in [0, 0.05) is 11.3 Å². The third kappa shape index (κ3) is 6.65. The molecule has 162 valence electrons. The van der Waals surface area contributed by atoms with Crippen molar-refractivity contribution in [1.82, 2.24) is 5.32 Å². The quantitative estimate of drug-likeness (QED) is 0.465. The van der Waals surface area contributed by atoms with Crippen molar-refractivity contribution < 1.29 is 23.5 Å². The van der Waals surface area contributed by atoms with Crippen molar-refractivity contribution in [3.8, 4) is 5.75 Å². The molecule has 2 aromatic carbocycles. The average Bonchev–Trinajstić information content (AvgIpc) is 3.31. The van der Waals surface area contributed by atoms with Crippen LogP contribution in [0, 0.1) is 5.82 Å². The minimum Gasteiger partial charge on any atom is -0.494 e. The lowest BCUT2D eigenvalue weighted by Crippen LogP contribution is -2.32. The first-order valence-corrected chi connectivity index (χ1v) is 10.9. The van der Waals surface area contributed by atoms with Crippen LogP contribution in [-0.4, -0.2) is 25.1 Å². The van der Waals surface area contributed by atoms with E-state index in [0.29, 0.717) is 13.0 Å². The van der Waals surface area contributed by atoms with Crippen molar-refractivity contribution in [2.45, 2.75) is 25.8 Å². The standard InChI is InChI=1S/C24H24FNO4S/c1-2-29-20-7-4-3-6-17(20)11-14-23(28)30-16-22(27)26-24(21-8-5-15-31-21)18-9-12-19(25)13-10-18/h3-10,12-13,15,24H,2,11,14,16H2,1H3,(H,26,27). The summed E-state index contributed by atoms with van der Waals surface area (Å²) >= 11 is 1.48. The highest BCUT2D eigenvalue weighted by atomic mass is 32.1. The molecule has 1 N–H and O–H groups in total. The smallest absolute Gasteiger partial charge is 0.306 e. The van der Waals surface area contributed by atoms with E-state index >= 15 is 0 Å². The van der Waals surface area contributed by atoms with Crippen LogP contribution < -0.4 is 10.1 Å². The molecule has 0 aliphatic rings. The number of hydrogen-bond acceptors (Lipinski definition) is 5. The first-order valence-electron chi connectivity index (χ1n) is 10.0. The highest BCUT2D eigenvalue weighted by molar-refractivity contribution is 7.10. The Morgan fingerprint density at radius 2 is 1.84 bits per heavy atom. The van der Waals surface area contributed by atoms with E-state index in [1.165, 1.54) is 23.5 Å². The molecule has 0 spiro atoms. The molecule has 1 aromatic heterocycles. The van der Waals surface area contributed by atoms with E-state index in [0.717, 1.165) is 21.8 Å². The van der Waals surface area contributed by atoms with Crippen molar-refractivity contribution in [2.24, 2.45) is 0 Å².